The molecule has 3 aromatic rings. The van der Waals surface area contributed by atoms with E-state index < -0.39 is 0 Å². The van der Waals surface area contributed by atoms with Gasteiger partial charge in [-0.3, -0.25) is 14.3 Å². The van der Waals surface area contributed by atoms with Gasteiger partial charge in [0.05, 0.1) is 5.75 Å². The lowest BCUT2D eigenvalue weighted by Crippen LogP contribution is -2.14. The minimum absolute atomic E-state index is 0.125. The van der Waals surface area contributed by atoms with Gasteiger partial charge in [0.25, 0.3) is 0 Å². The zero-order valence-electron chi connectivity index (χ0n) is 14.7. The molecule has 2 aromatic heterocycles. The number of nitrogens with zero attached hydrogens (tertiary/aromatic N) is 4. The Labute approximate surface area is 166 Å². The van der Waals surface area contributed by atoms with Crippen molar-refractivity contribution in [2.24, 2.45) is 0 Å². The minimum Gasteiger partial charge on any atom is -0.325 e. The summed E-state index contributed by atoms with van der Waals surface area (Å²) in [5.41, 5.74) is 2.54. The first-order valence-electron chi connectivity index (χ1n) is 8.22. The summed E-state index contributed by atoms with van der Waals surface area (Å²) < 4.78 is 1.92. The van der Waals surface area contributed by atoms with E-state index in [1.807, 2.05) is 29.7 Å². The largest absolute Gasteiger partial charge is 0.325 e. The number of carbonyl (C=O) groups excluding carboxylic acids is 1. The predicted octanol–water partition coefficient (Wildman–Crippen LogP) is 4.22. The smallest absolute Gasteiger partial charge is 0.234 e. The molecule has 0 saturated carbocycles. The van der Waals surface area contributed by atoms with Crippen LogP contribution in [-0.2, 0) is 11.3 Å². The van der Waals surface area contributed by atoms with Gasteiger partial charge in [-0.15, -0.1) is 16.8 Å². The van der Waals surface area contributed by atoms with Gasteiger partial charge in [-0.1, -0.05) is 29.4 Å². The van der Waals surface area contributed by atoms with Crippen molar-refractivity contribution >= 4 is 35.0 Å². The Bertz CT molecular complexity index is 958. The molecule has 138 valence electrons. The minimum atomic E-state index is -0.125. The normalized spacial score (nSPS) is 10.6. The van der Waals surface area contributed by atoms with Gasteiger partial charge in [0.15, 0.2) is 11.0 Å². The molecule has 0 spiro atoms. The molecule has 3 rings (SSSR count). The van der Waals surface area contributed by atoms with Crippen LogP contribution >= 0.6 is 23.4 Å². The van der Waals surface area contributed by atoms with Crippen molar-refractivity contribution < 1.29 is 4.79 Å². The maximum absolute atomic E-state index is 12.3. The number of aryl methyl sites for hydroxylation is 1. The van der Waals surface area contributed by atoms with E-state index in [9.17, 15) is 4.79 Å². The maximum Gasteiger partial charge on any atom is 0.234 e. The predicted molar refractivity (Wildman–Crippen MR) is 109 cm³/mol. The number of hydrogen-bond donors (Lipinski definition) is 1. The lowest BCUT2D eigenvalue weighted by molar-refractivity contribution is -0.113. The quantitative estimate of drug-likeness (QED) is 0.475. The van der Waals surface area contributed by atoms with E-state index in [1.54, 1.807) is 30.6 Å². The molecule has 0 saturated heterocycles. The second-order valence-corrected chi connectivity index (χ2v) is 7.09. The molecule has 0 bridgehead atoms. The van der Waals surface area contributed by atoms with Crippen molar-refractivity contribution in [1.29, 1.82) is 0 Å². The summed E-state index contributed by atoms with van der Waals surface area (Å²) in [6.07, 6.45) is 5.18. The fourth-order valence-corrected chi connectivity index (χ4v) is 3.32. The van der Waals surface area contributed by atoms with Gasteiger partial charge in [0, 0.05) is 35.2 Å². The zero-order valence-corrected chi connectivity index (χ0v) is 16.3. The van der Waals surface area contributed by atoms with Crippen LogP contribution in [-0.4, -0.2) is 31.4 Å². The number of benzene rings is 1. The standard InChI is InChI=1S/C19H18ClN5OS/c1-3-10-25-18(14-6-8-21-9-7-14)23-24-19(25)27-12-17(26)22-15-4-5-16(20)13(2)11-15/h3-9,11H,1,10,12H2,2H3,(H,22,26). The van der Waals surface area contributed by atoms with Crippen LogP contribution in [0.3, 0.4) is 0 Å². The van der Waals surface area contributed by atoms with E-state index in [-0.39, 0.29) is 11.7 Å². The summed E-state index contributed by atoms with van der Waals surface area (Å²) in [5, 5.41) is 12.7. The first-order chi connectivity index (χ1) is 13.1. The van der Waals surface area contributed by atoms with Crippen molar-refractivity contribution in [3.8, 4) is 11.4 Å². The monoisotopic (exact) mass is 399 g/mol. The second-order valence-electron chi connectivity index (χ2n) is 5.74. The molecule has 0 aliphatic rings. The lowest BCUT2D eigenvalue weighted by atomic mass is 10.2. The molecular weight excluding hydrogens is 382 g/mol. The SMILES string of the molecule is C=CCn1c(SCC(=O)Nc2ccc(Cl)c(C)c2)nnc1-c1ccncc1. The summed E-state index contributed by atoms with van der Waals surface area (Å²) in [6.45, 7) is 6.23. The fraction of sp³-hybridized carbons (Fsp3) is 0.158. The Morgan fingerprint density at radius 3 is 2.78 bits per heavy atom. The van der Waals surface area contributed by atoms with Gasteiger partial charge in [-0.2, -0.15) is 0 Å². The van der Waals surface area contributed by atoms with Gasteiger partial charge in [-0.25, -0.2) is 0 Å². The Morgan fingerprint density at radius 2 is 2.07 bits per heavy atom. The molecule has 0 aliphatic carbocycles. The van der Waals surface area contributed by atoms with E-state index >= 15 is 0 Å². The molecule has 1 amide bonds. The third kappa shape index (κ3) is 4.75. The average Bonchev–Trinajstić information content (AvgIpc) is 3.07. The molecule has 1 aromatic carbocycles. The Morgan fingerprint density at radius 1 is 1.30 bits per heavy atom. The van der Waals surface area contributed by atoms with E-state index in [2.05, 4.69) is 27.1 Å². The molecule has 0 aliphatic heterocycles. The number of pyridine rings is 1. The van der Waals surface area contributed by atoms with Gasteiger partial charge >= 0.3 is 0 Å². The zero-order chi connectivity index (χ0) is 19.2. The fourth-order valence-electron chi connectivity index (χ4n) is 2.45. The van der Waals surface area contributed by atoms with Gasteiger partial charge in [-0.05, 0) is 42.8 Å². The van der Waals surface area contributed by atoms with Crippen LogP contribution < -0.4 is 5.32 Å². The van der Waals surface area contributed by atoms with Crippen LogP contribution in [0.25, 0.3) is 11.4 Å². The topological polar surface area (TPSA) is 72.7 Å². The number of nitrogens with one attached hydrogen (secondary N) is 1. The number of rotatable bonds is 7. The van der Waals surface area contributed by atoms with Crippen LogP contribution in [0.5, 0.6) is 0 Å². The Kier molecular flexibility index (Phi) is 6.26. The van der Waals surface area contributed by atoms with Crippen LogP contribution in [0.1, 0.15) is 5.56 Å². The van der Waals surface area contributed by atoms with Crippen molar-refractivity contribution in [3.63, 3.8) is 0 Å². The summed E-state index contributed by atoms with van der Waals surface area (Å²) in [7, 11) is 0. The molecule has 1 N–H and O–H groups in total. The van der Waals surface area contributed by atoms with Gasteiger partial charge in [0.1, 0.15) is 0 Å². The van der Waals surface area contributed by atoms with Crippen LogP contribution in [0.15, 0.2) is 60.5 Å². The summed E-state index contributed by atoms with van der Waals surface area (Å²) in [4.78, 5) is 16.3. The molecule has 8 heteroatoms. The molecule has 0 radical (unpaired) electrons. The Balaban J connectivity index is 1.70. The van der Waals surface area contributed by atoms with E-state index in [0.29, 0.717) is 28.2 Å². The number of carbonyl (C=O) groups is 1. The highest BCUT2D eigenvalue weighted by atomic mass is 35.5. The van der Waals surface area contributed by atoms with Gasteiger partial charge < -0.3 is 5.32 Å². The molecule has 2 heterocycles. The highest BCUT2D eigenvalue weighted by molar-refractivity contribution is 7.99. The van der Waals surface area contributed by atoms with E-state index in [4.69, 9.17) is 11.6 Å². The van der Waals surface area contributed by atoms with E-state index in [1.165, 1.54) is 11.8 Å². The third-order valence-corrected chi connectivity index (χ3v) is 5.13. The average molecular weight is 400 g/mol. The molecule has 6 nitrogen and oxygen atoms in total. The summed E-state index contributed by atoms with van der Waals surface area (Å²) in [5.74, 6) is 0.807. The first-order valence-corrected chi connectivity index (χ1v) is 9.58. The van der Waals surface area contributed by atoms with Crippen LogP contribution in [0.4, 0.5) is 5.69 Å². The highest BCUT2D eigenvalue weighted by Crippen LogP contribution is 2.24. The third-order valence-electron chi connectivity index (χ3n) is 3.74. The number of halogens is 1. The number of allylic oxidation sites excluding steroid dienone is 1. The van der Waals surface area contributed by atoms with Crippen LogP contribution in [0.2, 0.25) is 5.02 Å². The number of thioether (sulfide) groups is 1. The number of aromatic nitrogens is 4. The molecular formula is C19H18ClN5OS. The molecule has 0 atom stereocenters. The summed E-state index contributed by atoms with van der Waals surface area (Å²) in [6, 6.07) is 9.12. The Hall–Kier alpha value is -2.64. The second kappa shape index (κ2) is 8.83. The lowest BCUT2D eigenvalue weighted by Gasteiger charge is -2.09. The van der Waals surface area contributed by atoms with Crippen molar-refractivity contribution in [2.45, 2.75) is 18.6 Å². The van der Waals surface area contributed by atoms with Crippen molar-refractivity contribution in [2.75, 3.05) is 11.1 Å². The number of amides is 1. The highest BCUT2D eigenvalue weighted by Gasteiger charge is 2.15. The van der Waals surface area contributed by atoms with Crippen LogP contribution in [0, 0.1) is 6.92 Å². The number of anilines is 1. The van der Waals surface area contributed by atoms with Crippen molar-refractivity contribution in [1.82, 2.24) is 19.7 Å². The van der Waals surface area contributed by atoms with Gasteiger partial charge in [0.2, 0.25) is 5.91 Å². The first kappa shape index (κ1) is 19.1. The maximum atomic E-state index is 12.3. The summed E-state index contributed by atoms with van der Waals surface area (Å²) >= 11 is 7.34. The van der Waals surface area contributed by atoms with E-state index in [0.717, 1.165) is 11.1 Å². The number of hydrogen-bond acceptors (Lipinski definition) is 5. The molecule has 0 unspecified atom stereocenters. The van der Waals surface area contributed by atoms with Crippen molar-refractivity contribution in [3.05, 3.63) is 66.0 Å². The molecule has 27 heavy (non-hydrogen) atoms. The molecule has 0 fully saturated rings.